The number of nitrogens with zero attached hydrogens (tertiary/aromatic N) is 2. The minimum atomic E-state index is -0.221. The second-order valence-electron chi connectivity index (χ2n) is 8.46. The van der Waals surface area contributed by atoms with E-state index in [1.807, 2.05) is 36.1 Å². The van der Waals surface area contributed by atoms with E-state index in [2.05, 4.69) is 24.1 Å². The molecular formula is C25H32ClN3O3. The highest BCUT2D eigenvalue weighted by atomic mass is 35.5. The highest BCUT2D eigenvalue weighted by Gasteiger charge is 2.23. The highest BCUT2D eigenvalue weighted by Crippen LogP contribution is 2.31. The first kappa shape index (κ1) is 23.9. The van der Waals surface area contributed by atoms with Crippen molar-refractivity contribution in [3.8, 4) is 5.75 Å². The van der Waals surface area contributed by atoms with Crippen LogP contribution in [0.1, 0.15) is 44.0 Å². The average Bonchev–Trinajstić information content (AvgIpc) is 2.77. The van der Waals surface area contributed by atoms with Gasteiger partial charge in [-0.3, -0.25) is 9.59 Å². The number of nitrogens with one attached hydrogen (secondary N) is 1. The summed E-state index contributed by atoms with van der Waals surface area (Å²) in [5, 5.41) is 3.56. The molecule has 32 heavy (non-hydrogen) atoms. The number of anilines is 2. The summed E-state index contributed by atoms with van der Waals surface area (Å²) in [6.07, 6.45) is 1.47. The van der Waals surface area contributed by atoms with Crippen LogP contribution in [0, 0.1) is 5.92 Å². The van der Waals surface area contributed by atoms with E-state index in [-0.39, 0.29) is 11.8 Å². The lowest BCUT2D eigenvalue weighted by atomic mass is 10.1. The van der Waals surface area contributed by atoms with Gasteiger partial charge in [0, 0.05) is 43.2 Å². The topological polar surface area (TPSA) is 61.9 Å². The molecule has 0 aromatic heterocycles. The average molecular weight is 458 g/mol. The summed E-state index contributed by atoms with van der Waals surface area (Å²) in [6, 6.07) is 12.7. The van der Waals surface area contributed by atoms with Crippen molar-refractivity contribution in [1.82, 2.24) is 4.90 Å². The molecule has 0 spiro atoms. The molecule has 0 atom stereocenters. The standard InChI is InChI=1S/C25H32ClN3O3/c1-4-14-32-21-7-5-6-19(16-21)25(31)27-22-17-20(26)8-9-23(22)28-10-12-29(13-11-28)24(30)15-18(2)3/h5-9,16-18H,4,10-15H2,1-3H3,(H,27,31). The summed E-state index contributed by atoms with van der Waals surface area (Å²) in [5.41, 5.74) is 2.08. The number of hydrogen-bond acceptors (Lipinski definition) is 4. The SMILES string of the molecule is CCCOc1cccc(C(=O)Nc2cc(Cl)ccc2N2CCN(C(=O)CC(C)C)CC2)c1. The molecule has 1 heterocycles. The number of benzene rings is 2. The zero-order chi connectivity index (χ0) is 23.1. The molecule has 1 saturated heterocycles. The number of ether oxygens (including phenoxy) is 1. The molecule has 2 aromatic rings. The van der Waals surface area contributed by atoms with E-state index in [9.17, 15) is 9.59 Å². The Morgan fingerprint density at radius 1 is 1.09 bits per heavy atom. The number of amides is 2. The van der Waals surface area contributed by atoms with Gasteiger partial charge in [0.25, 0.3) is 5.91 Å². The highest BCUT2D eigenvalue weighted by molar-refractivity contribution is 6.31. The number of carbonyl (C=O) groups excluding carboxylic acids is 2. The van der Waals surface area contributed by atoms with Gasteiger partial charge in [0.2, 0.25) is 5.91 Å². The number of halogens is 1. The summed E-state index contributed by atoms with van der Waals surface area (Å²) in [6.45, 7) is 9.50. The van der Waals surface area contributed by atoms with Crippen LogP contribution in [-0.4, -0.2) is 49.5 Å². The maximum atomic E-state index is 12.9. The van der Waals surface area contributed by atoms with E-state index >= 15 is 0 Å². The van der Waals surface area contributed by atoms with Crippen molar-refractivity contribution in [2.75, 3.05) is 43.0 Å². The van der Waals surface area contributed by atoms with Gasteiger partial charge in [0.05, 0.1) is 18.0 Å². The first-order valence-corrected chi connectivity index (χ1v) is 11.6. The zero-order valence-electron chi connectivity index (χ0n) is 19.1. The van der Waals surface area contributed by atoms with Crippen LogP contribution in [0.2, 0.25) is 5.02 Å². The summed E-state index contributed by atoms with van der Waals surface area (Å²) < 4.78 is 5.65. The molecule has 7 heteroatoms. The molecule has 0 saturated carbocycles. The van der Waals surface area contributed by atoms with E-state index in [0.717, 1.165) is 12.1 Å². The molecule has 172 valence electrons. The molecule has 1 fully saturated rings. The van der Waals surface area contributed by atoms with E-state index in [0.29, 0.717) is 67.1 Å². The van der Waals surface area contributed by atoms with Gasteiger partial charge in [-0.25, -0.2) is 0 Å². The van der Waals surface area contributed by atoms with Crippen LogP contribution in [0.5, 0.6) is 5.75 Å². The second-order valence-corrected chi connectivity index (χ2v) is 8.89. The molecule has 2 aromatic carbocycles. The molecule has 1 aliphatic rings. The molecule has 6 nitrogen and oxygen atoms in total. The van der Waals surface area contributed by atoms with Crippen LogP contribution in [0.25, 0.3) is 0 Å². The van der Waals surface area contributed by atoms with Crippen molar-refractivity contribution in [2.45, 2.75) is 33.6 Å². The third-order valence-corrected chi connectivity index (χ3v) is 5.57. The van der Waals surface area contributed by atoms with E-state index in [1.165, 1.54) is 0 Å². The Bertz CT molecular complexity index is 940. The Labute approximate surface area is 195 Å². The quantitative estimate of drug-likeness (QED) is 0.600. The van der Waals surface area contributed by atoms with Crippen molar-refractivity contribution < 1.29 is 14.3 Å². The number of carbonyl (C=O) groups is 2. The first-order chi connectivity index (χ1) is 15.4. The van der Waals surface area contributed by atoms with Crippen LogP contribution in [0.15, 0.2) is 42.5 Å². The molecule has 3 rings (SSSR count). The van der Waals surface area contributed by atoms with Gasteiger partial charge in [-0.2, -0.15) is 0 Å². The number of hydrogen-bond donors (Lipinski definition) is 1. The van der Waals surface area contributed by atoms with Crippen LogP contribution in [0.4, 0.5) is 11.4 Å². The second kappa shape index (κ2) is 11.2. The Morgan fingerprint density at radius 2 is 1.84 bits per heavy atom. The fourth-order valence-electron chi connectivity index (χ4n) is 3.70. The maximum absolute atomic E-state index is 12.9. The van der Waals surface area contributed by atoms with Crippen LogP contribution >= 0.6 is 11.6 Å². The maximum Gasteiger partial charge on any atom is 0.255 e. The normalized spacial score (nSPS) is 13.9. The zero-order valence-corrected chi connectivity index (χ0v) is 19.8. The van der Waals surface area contributed by atoms with Gasteiger partial charge in [0.1, 0.15) is 5.75 Å². The van der Waals surface area contributed by atoms with Gasteiger partial charge in [-0.1, -0.05) is 38.4 Å². The van der Waals surface area contributed by atoms with Crippen molar-refractivity contribution in [3.63, 3.8) is 0 Å². The lowest BCUT2D eigenvalue weighted by Gasteiger charge is -2.37. The number of rotatable bonds is 8. The van der Waals surface area contributed by atoms with E-state index < -0.39 is 0 Å². The third kappa shape index (κ3) is 6.39. The minimum absolute atomic E-state index is 0.203. The predicted molar refractivity (Wildman–Crippen MR) is 130 cm³/mol. The molecule has 0 aliphatic carbocycles. The predicted octanol–water partition coefficient (Wildman–Crippen LogP) is 5.08. The van der Waals surface area contributed by atoms with Crippen LogP contribution in [-0.2, 0) is 4.79 Å². The Hall–Kier alpha value is -2.73. The van der Waals surface area contributed by atoms with Crippen LogP contribution < -0.4 is 15.0 Å². The molecule has 0 radical (unpaired) electrons. The Balaban J connectivity index is 1.71. The van der Waals surface area contributed by atoms with E-state index in [1.54, 1.807) is 18.2 Å². The molecule has 2 amide bonds. The lowest BCUT2D eigenvalue weighted by Crippen LogP contribution is -2.49. The van der Waals surface area contributed by atoms with Crippen LogP contribution in [0.3, 0.4) is 0 Å². The van der Waals surface area contributed by atoms with E-state index in [4.69, 9.17) is 16.3 Å². The Kier molecular flexibility index (Phi) is 8.39. The Morgan fingerprint density at radius 3 is 2.53 bits per heavy atom. The number of piperazine rings is 1. The van der Waals surface area contributed by atoms with Crippen molar-refractivity contribution in [3.05, 3.63) is 53.1 Å². The smallest absolute Gasteiger partial charge is 0.255 e. The summed E-state index contributed by atoms with van der Waals surface area (Å²) in [4.78, 5) is 29.4. The monoisotopic (exact) mass is 457 g/mol. The fraction of sp³-hybridized carbons (Fsp3) is 0.440. The third-order valence-electron chi connectivity index (χ3n) is 5.33. The first-order valence-electron chi connectivity index (χ1n) is 11.2. The summed E-state index contributed by atoms with van der Waals surface area (Å²) in [7, 11) is 0. The van der Waals surface area contributed by atoms with Crippen molar-refractivity contribution >= 4 is 34.8 Å². The molecule has 0 bridgehead atoms. The molecule has 1 N–H and O–H groups in total. The van der Waals surface area contributed by atoms with Gasteiger partial charge in [-0.15, -0.1) is 0 Å². The lowest BCUT2D eigenvalue weighted by molar-refractivity contribution is -0.132. The van der Waals surface area contributed by atoms with Gasteiger partial charge >= 0.3 is 0 Å². The molecule has 1 aliphatic heterocycles. The van der Waals surface area contributed by atoms with Crippen molar-refractivity contribution in [2.24, 2.45) is 5.92 Å². The van der Waals surface area contributed by atoms with Gasteiger partial charge < -0.3 is 19.9 Å². The summed E-state index contributed by atoms with van der Waals surface area (Å²) >= 11 is 6.24. The molecule has 0 unspecified atom stereocenters. The van der Waals surface area contributed by atoms with Gasteiger partial charge in [0.15, 0.2) is 0 Å². The van der Waals surface area contributed by atoms with Crippen molar-refractivity contribution in [1.29, 1.82) is 0 Å². The van der Waals surface area contributed by atoms with Gasteiger partial charge in [-0.05, 0) is 48.7 Å². The fourth-order valence-corrected chi connectivity index (χ4v) is 3.87. The molecular weight excluding hydrogens is 426 g/mol. The largest absolute Gasteiger partial charge is 0.494 e. The summed E-state index contributed by atoms with van der Waals surface area (Å²) in [5.74, 6) is 1.01. The minimum Gasteiger partial charge on any atom is -0.494 e.